The fourth-order valence-electron chi connectivity index (χ4n) is 1.91. The van der Waals surface area contributed by atoms with Crippen LogP contribution >= 0.6 is 23.4 Å². The molecule has 2 unspecified atom stereocenters. The van der Waals surface area contributed by atoms with Crippen LogP contribution in [-0.4, -0.2) is 29.0 Å². The zero-order chi connectivity index (χ0) is 13.3. The highest BCUT2D eigenvalue weighted by Gasteiger charge is 2.28. The van der Waals surface area contributed by atoms with Crippen LogP contribution in [0.25, 0.3) is 0 Å². The standard InChI is InChI=1S/C12H14ClNO3S/c1-6-10(2-3-17-6)18-11-8(12(15)16)4-7(14)5-9(11)13/h4-6,10H,2-3,14H2,1H3,(H,15,16). The van der Waals surface area contributed by atoms with E-state index in [1.807, 2.05) is 6.92 Å². The van der Waals surface area contributed by atoms with Crippen LogP contribution in [0, 0.1) is 0 Å². The molecule has 2 rings (SSSR count). The van der Waals surface area contributed by atoms with Gasteiger partial charge in [-0.15, -0.1) is 11.8 Å². The van der Waals surface area contributed by atoms with E-state index in [1.165, 1.54) is 17.8 Å². The third kappa shape index (κ3) is 2.74. The summed E-state index contributed by atoms with van der Waals surface area (Å²) in [4.78, 5) is 11.8. The van der Waals surface area contributed by atoms with Gasteiger partial charge < -0.3 is 15.6 Å². The highest BCUT2D eigenvalue weighted by molar-refractivity contribution is 8.00. The Balaban J connectivity index is 2.33. The number of anilines is 1. The first-order chi connectivity index (χ1) is 8.49. The van der Waals surface area contributed by atoms with Crippen LogP contribution in [-0.2, 0) is 4.74 Å². The lowest BCUT2D eigenvalue weighted by atomic mass is 10.2. The molecule has 1 heterocycles. The molecule has 0 aliphatic carbocycles. The normalized spacial score (nSPS) is 23.2. The molecular formula is C12H14ClNO3S. The molecule has 6 heteroatoms. The van der Waals surface area contributed by atoms with Gasteiger partial charge in [-0.25, -0.2) is 4.79 Å². The second kappa shape index (κ2) is 5.38. The molecule has 4 nitrogen and oxygen atoms in total. The summed E-state index contributed by atoms with van der Waals surface area (Å²) in [7, 11) is 0. The van der Waals surface area contributed by atoms with E-state index in [1.54, 1.807) is 6.07 Å². The smallest absolute Gasteiger partial charge is 0.336 e. The van der Waals surface area contributed by atoms with Crippen molar-refractivity contribution in [3.63, 3.8) is 0 Å². The lowest BCUT2D eigenvalue weighted by Crippen LogP contribution is -2.14. The van der Waals surface area contributed by atoms with Gasteiger partial charge in [0.15, 0.2) is 0 Å². The van der Waals surface area contributed by atoms with Crippen molar-refractivity contribution in [2.45, 2.75) is 29.6 Å². The van der Waals surface area contributed by atoms with Crippen LogP contribution in [0.3, 0.4) is 0 Å². The molecule has 0 radical (unpaired) electrons. The Morgan fingerprint density at radius 2 is 2.33 bits per heavy atom. The van der Waals surface area contributed by atoms with E-state index < -0.39 is 5.97 Å². The lowest BCUT2D eigenvalue weighted by molar-refractivity contribution is 0.0693. The van der Waals surface area contributed by atoms with Crippen molar-refractivity contribution in [3.8, 4) is 0 Å². The minimum atomic E-state index is -1.02. The third-order valence-electron chi connectivity index (χ3n) is 2.87. The first-order valence-electron chi connectivity index (χ1n) is 5.59. The molecule has 18 heavy (non-hydrogen) atoms. The van der Waals surface area contributed by atoms with Gasteiger partial charge in [0, 0.05) is 22.4 Å². The minimum Gasteiger partial charge on any atom is -0.478 e. The number of carboxylic acids is 1. The Hall–Kier alpha value is -0.910. The van der Waals surface area contributed by atoms with Crippen molar-refractivity contribution >= 4 is 35.0 Å². The molecule has 0 spiro atoms. The van der Waals surface area contributed by atoms with E-state index in [0.717, 1.165) is 6.42 Å². The average Bonchev–Trinajstić information content (AvgIpc) is 2.67. The molecule has 1 fully saturated rings. The maximum absolute atomic E-state index is 11.2. The van der Waals surface area contributed by atoms with Gasteiger partial charge in [0.2, 0.25) is 0 Å². The zero-order valence-electron chi connectivity index (χ0n) is 9.85. The maximum Gasteiger partial charge on any atom is 0.336 e. The number of ether oxygens (including phenoxy) is 1. The summed E-state index contributed by atoms with van der Waals surface area (Å²) in [5, 5.41) is 9.81. The van der Waals surface area contributed by atoms with Gasteiger partial charge in [-0.3, -0.25) is 0 Å². The first kappa shape index (κ1) is 13.5. The Bertz CT molecular complexity index is 481. The van der Waals surface area contributed by atoms with Crippen LogP contribution in [0.15, 0.2) is 17.0 Å². The van der Waals surface area contributed by atoms with E-state index in [2.05, 4.69) is 0 Å². The summed E-state index contributed by atoms with van der Waals surface area (Å²) in [5.41, 5.74) is 6.14. The fraction of sp³-hybridized carbons (Fsp3) is 0.417. The van der Waals surface area contributed by atoms with Gasteiger partial charge in [-0.05, 0) is 25.5 Å². The number of nitrogen functional groups attached to an aromatic ring is 1. The summed E-state index contributed by atoms with van der Waals surface area (Å²) in [6, 6.07) is 3.02. The Morgan fingerprint density at radius 1 is 1.61 bits per heavy atom. The van der Waals surface area contributed by atoms with Crippen LogP contribution in [0.4, 0.5) is 5.69 Å². The molecule has 3 N–H and O–H groups in total. The van der Waals surface area contributed by atoms with Crippen molar-refractivity contribution in [1.29, 1.82) is 0 Å². The number of hydrogen-bond acceptors (Lipinski definition) is 4. The highest BCUT2D eigenvalue weighted by Crippen LogP contribution is 2.39. The summed E-state index contributed by atoms with van der Waals surface area (Å²) >= 11 is 7.56. The van der Waals surface area contributed by atoms with E-state index in [4.69, 9.17) is 22.1 Å². The Morgan fingerprint density at radius 3 is 2.89 bits per heavy atom. The topological polar surface area (TPSA) is 72.5 Å². The van der Waals surface area contributed by atoms with Gasteiger partial charge in [0.1, 0.15) is 0 Å². The predicted octanol–water partition coefficient (Wildman–Crippen LogP) is 2.89. The second-order valence-corrected chi connectivity index (χ2v) is 5.86. The Labute approximate surface area is 114 Å². The third-order valence-corrected chi connectivity index (χ3v) is 4.88. The first-order valence-corrected chi connectivity index (χ1v) is 6.85. The molecule has 0 saturated carbocycles. The second-order valence-electron chi connectivity index (χ2n) is 4.21. The maximum atomic E-state index is 11.2. The molecule has 2 atom stereocenters. The molecule has 1 saturated heterocycles. The molecule has 0 amide bonds. The number of nitrogens with two attached hydrogens (primary N) is 1. The molecule has 0 aromatic heterocycles. The molecule has 1 aliphatic heterocycles. The molecule has 1 aliphatic rings. The Kier molecular flexibility index (Phi) is 4.04. The molecule has 0 bridgehead atoms. The van der Waals surface area contributed by atoms with Crippen molar-refractivity contribution in [2.24, 2.45) is 0 Å². The van der Waals surface area contributed by atoms with Crippen LogP contribution in [0.5, 0.6) is 0 Å². The van der Waals surface area contributed by atoms with Crippen LogP contribution in [0.1, 0.15) is 23.7 Å². The number of benzene rings is 1. The van der Waals surface area contributed by atoms with E-state index in [-0.39, 0.29) is 16.9 Å². The average molecular weight is 288 g/mol. The van der Waals surface area contributed by atoms with E-state index in [0.29, 0.717) is 22.2 Å². The number of carbonyl (C=O) groups is 1. The van der Waals surface area contributed by atoms with Gasteiger partial charge in [-0.1, -0.05) is 11.6 Å². The van der Waals surface area contributed by atoms with Gasteiger partial charge in [0.05, 0.1) is 16.7 Å². The number of halogens is 1. The largest absolute Gasteiger partial charge is 0.478 e. The fourth-order valence-corrected chi connectivity index (χ4v) is 3.50. The van der Waals surface area contributed by atoms with E-state index in [9.17, 15) is 9.90 Å². The SMILES string of the molecule is CC1OCCC1Sc1c(Cl)cc(N)cc1C(=O)O. The molecule has 1 aromatic carbocycles. The predicted molar refractivity (Wildman–Crippen MR) is 72.5 cm³/mol. The summed E-state index contributed by atoms with van der Waals surface area (Å²) < 4.78 is 5.47. The number of hydrogen-bond donors (Lipinski definition) is 2. The van der Waals surface area contributed by atoms with Gasteiger partial charge >= 0.3 is 5.97 Å². The molecular weight excluding hydrogens is 274 g/mol. The van der Waals surface area contributed by atoms with Gasteiger partial charge in [-0.2, -0.15) is 0 Å². The number of aromatic carboxylic acids is 1. The molecule has 98 valence electrons. The van der Waals surface area contributed by atoms with Crippen LogP contribution in [0.2, 0.25) is 5.02 Å². The lowest BCUT2D eigenvalue weighted by Gasteiger charge is -2.16. The number of rotatable bonds is 3. The number of carboxylic acid groups (broad SMARTS) is 1. The monoisotopic (exact) mass is 287 g/mol. The van der Waals surface area contributed by atoms with Crippen molar-refractivity contribution in [2.75, 3.05) is 12.3 Å². The van der Waals surface area contributed by atoms with Crippen LogP contribution < -0.4 is 5.73 Å². The van der Waals surface area contributed by atoms with Gasteiger partial charge in [0.25, 0.3) is 0 Å². The summed E-state index contributed by atoms with van der Waals surface area (Å²) in [5.74, 6) is -1.02. The zero-order valence-corrected chi connectivity index (χ0v) is 11.4. The number of thioether (sulfide) groups is 1. The summed E-state index contributed by atoms with van der Waals surface area (Å²) in [6.45, 7) is 2.68. The quantitative estimate of drug-likeness (QED) is 0.836. The highest BCUT2D eigenvalue weighted by atomic mass is 35.5. The molecule has 1 aromatic rings. The van der Waals surface area contributed by atoms with Crippen molar-refractivity contribution < 1.29 is 14.6 Å². The van der Waals surface area contributed by atoms with Crippen molar-refractivity contribution in [3.05, 3.63) is 22.7 Å². The van der Waals surface area contributed by atoms with E-state index >= 15 is 0 Å². The summed E-state index contributed by atoms with van der Waals surface area (Å²) in [6.07, 6.45) is 0.997. The minimum absolute atomic E-state index is 0.102. The van der Waals surface area contributed by atoms with Crippen molar-refractivity contribution in [1.82, 2.24) is 0 Å².